The molecule has 1 heterocycles. The van der Waals surface area contributed by atoms with E-state index in [1.807, 2.05) is 6.07 Å². The zero-order valence-corrected chi connectivity index (χ0v) is 9.40. The average Bonchev–Trinajstić information content (AvgIpc) is 2.30. The van der Waals surface area contributed by atoms with Crippen LogP contribution in [0.2, 0.25) is 5.02 Å². The van der Waals surface area contributed by atoms with Gasteiger partial charge in [0.1, 0.15) is 11.6 Å². The molecule has 0 amide bonds. The van der Waals surface area contributed by atoms with E-state index in [1.165, 1.54) is 0 Å². The highest BCUT2D eigenvalue weighted by molar-refractivity contribution is 6.32. The summed E-state index contributed by atoms with van der Waals surface area (Å²) in [5.74, 6) is 1.03. The van der Waals surface area contributed by atoms with Crippen molar-refractivity contribution in [3.8, 4) is 17.0 Å². The summed E-state index contributed by atoms with van der Waals surface area (Å²) in [6.07, 6.45) is 0. The number of benzene rings is 1. The largest absolute Gasteiger partial charge is 0.495 e. The van der Waals surface area contributed by atoms with Crippen LogP contribution >= 0.6 is 11.6 Å². The summed E-state index contributed by atoms with van der Waals surface area (Å²) in [6.45, 7) is 0. The fourth-order valence-electron chi connectivity index (χ4n) is 1.32. The van der Waals surface area contributed by atoms with Gasteiger partial charge in [0, 0.05) is 5.56 Å². The van der Waals surface area contributed by atoms with Gasteiger partial charge < -0.3 is 10.5 Å². The van der Waals surface area contributed by atoms with Crippen LogP contribution in [0.5, 0.6) is 5.75 Å². The van der Waals surface area contributed by atoms with Crippen molar-refractivity contribution in [2.24, 2.45) is 0 Å². The van der Waals surface area contributed by atoms with Crippen LogP contribution in [0.4, 0.5) is 5.82 Å². The third kappa shape index (κ3) is 2.06. The zero-order valence-electron chi connectivity index (χ0n) is 8.64. The van der Waals surface area contributed by atoms with E-state index >= 15 is 0 Å². The minimum absolute atomic E-state index is 0.392. The molecule has 1 aromatic carbocycles. The number of nitrogens with two attached hydrogens (primary N) is 1. The Morgan fingerprint density at radius 2 is 2.00 bits per heavy atom. The number of nitrogen functional groups attached to an aromatic ring is 1. The van der Waals surface area contributed by atoms with Crippen LogP contribution in [0.15, 0.2) is 30.3 Å². The van der Waals surface area contributed by atoms with Gasteiger partial charge in [0.15, 0.2) is 0 Å². The summed E-state index contributed by atoms with van der Waals surface area (Å²) in [6, 6.07) is 8.92. The molecule has 0 fully saturated rings. The molecule has 0 bridgehead atoms. The number of halogens is 1. The Morgan fingerprint density at radius 1 is 1.19 bits per heavy atom. The second kappa shape index (κ2) is 4.37. The summed E-state index contributed by atoms with van der Waals surface area (Å²) >= 11 is 6.01. The first-order valence-corrected chi connectivity index (χ1v) is 5.01. The molecule has 0 unspecified atom stereocenters. The SMILES string of the molecule is COc1ccc(-c2ccc(N)nn2)cc1Cl. The summed E-state index contributed by atoms with van der Waals surface area (Å²) in [4.78, 5) is 0. The van der Waals surface area contributed by atoms with Crippen molar-refractivity contribution in [2.75, 3.05) is 12.8 Å². The third-order valence-electron chi connectivity index (χ3n) is 2.13. The van der Waals surface area contributed by atoms with Crippen LogP contribution in [-0.4, -0.2) is 17.3 Å². The zero-order chi connectivity index (χ0) is 11.5. The Labute approximate surface area is 98.0 Å². The highest BCUT2D eigenvalue weighted by atomic mass is 35.5. The summed E-state index contributed by atoms with van der Waals surface area (Å²) in [5, 5.41) is 8.29. The van der Waals surface area contributed by atoms with Gasteiger partial charge in [0.2, 0.25) is 0 Å². The minimum Gasteiger partial charge on any atom is -0.495 e. The van der Waals surface area contributed by atoms with Crippen LogP contribution in [0.25, 0.3) is 11.3 Å². The average molecular weight is 236 g/mol. The summed E-state index contributed by atoms with van der Waals surface area (Å²) in [7, 11) is 1.57. The molecule has 5 heteroatoms. The maximum Gasteiger partial charge on any atom is 0.146 e. The molecule has 0 saturated heterocycles. The maximum absolute atomic E-state index is 6.01. The Bertz CT molecular complexity index is 499. The first-order valence-electron chi connectivity index (χ1n) is 4.64. The van der Waals surface area contributed by atoms with Crippen molar-refractivity contribution in [3.63, 3.8) is 0 Å². The van der Waals surface area contributed by atoms with Crippen LogP contribution in [0, 0.1) is 0 Å². The van der Waals surface area contributed by atoms with Crippen LogP contribution < -0.4 is 10.5 Å². The number of methoxy groups -OCH3 is 1. The van der Waals surface area contributed by atoms with Gasteiger partial charge >= 0.3 is 0 Å². The third-order valence-corrected chi connectivity index (χ3v) is 2.43. The van der Waals surface area contributed by atoms with E-state index in [0.29, 0.717) is 16.6 Å². The molecule has 1 aromatic heterocycles. The molecular formula is C11H10ClN3O. The van der Waals surface area contributed by atoms with E-state index in [2.05, 4.69) is 10.2 Å². The Kier molecular flexibility index (Phi) is 2.92. The van der Waals surface area contributed by atoms with Crippen LogP contribution in [0.3, 0.4) is 0 Å². The molecule has 2 rings (SSSR count). The van der Waals surface area contributed by atoms with Crippen molar-refractivity contribution >= 4 is 17.4 Å². The molecule has 0 aliphatic heterocycles. The van der Waals surface area contributed by atoms with Crippen molar-refractivity contribution < 1.29 is 4.74 Å². The summed E-state index contributed by atoms with van der Waals surface area (Å²) in [5.41, 5.74) is 7.06. The lowest BCUT2D eigenvalue weighted by atomic mass is 10.1. The molecular weight excluding hydrogens is 226 g/mol. The van der Waals surface area contributed by atoms with E-state index in [4.69, 9.17) is 22.1 Å². The van der Waals surface area contributed by atoms with E-state index in [9.17, 15) is 0 Å². The molecule has 82 valence electrons. The number of hydrogen-bond donors (Lipinski definition) is 1. The van der Waals surface area contributed by atoms with Crippen molar-refractivity contribution in [3.05, 3.63) is 35.4 Å². The molecule has 2 N–H and O–H groups in total. The van der Waals surface area contributed by atoms with Crippen molar-refractivity contribution in [2.45, 2.75) is 0 Å². The summed E-state index contributed by atoms with van der Waals surface area (Å²) < 4.78 is 5.07. The Balaban J connectivity index is 2.41. The predicted molar refractivity (Wildman–Crippen MR) is 63.4 cm³/mol. The molecule has 2 aromatic rings. The normalized spacial score (nSPS) is 10.1. The smallest absolute Gasteiger partial charge is 0.146 e. The Morgan fingerprint density at radius 3 is 2.56 bits per heavy atom. The number of anilines is 1. The van der Waals surface area contributed by atoms with Gasteiger partial charge in [-0.05, 0) is 30.3 Å². The number of nitrogens with zero attached hydrogens (tertiary/aromatic N) is 2. The molecule has 0 spiro atoms. The van der Waals surface area contributed by atoms with E-state index in [0.717, 1.165) is 11.3 Å². The predicted octanol–water partition coefficient (Wildman–Crippen LogP) is 2.39. The monoisotopic (exact) mass is 235 g/mol. The molecule has 0 radical (unpaired) electrons. The molecule has 0 aliphatic carbocycles. The van der Waals surface area contributed by atoms with Gasteiger partial charge in [-0.2, -0.15) is 0 Å². The second-order valence-corrected chi connectivity index (χ2v) is 3.60. The number of ether oxygens (including phenoxy) is 1. The number of rotatable bonds is 2. The van der Waals surface area contributed by atoms with Gasteiger partial charge in [0.05, 0.1) is 17.8 Å². The first-order chi connectivity index (χ1) is 7.70. The highest BCUT2D eigenvalue weighted by Crippen LogP contribution is 2.29. The van der Waals surface area contributed by atoms with Gasteiger partial charge in [-0.25, -0.2) is 0 Å². The van der Waals surface area contributed by atoms with Crippen molar-refractivity contribution in [1.29, 1.82) is 0 Å². The Hall–Kier alpha value is -1.81. The fourth-order valence-corrected chi connectivity index (χ4v) is 1.58. The highest BCUT2D eigenvalue weighted by Gasteiger charge is 2.05. The standard InChI is InChI=1S/C11H10ClN3O/c1-16-10-4-2-7(6-8(10)12)9-3-5-11(13)15-14-9/h2-6H,1H3,(H2,13,15). The topological polar surface area (TPSA) is 61.0 Å². The first kappa shape index (κ1) is 10.7. The number of aromatic nitrogens is 2. The maximum atomic E-state index is 6.01. The van der Waals surface area contributed by atoms with Crippen molar-refractivity contribution in [1.82, 2.24) is 10.2 Å². The van der Waals surface area contributed by atoms with Crippen LogP contribution in [0.1, 0.15) is 0 Å². The van der Waals surface area contributed by atoms with E-state index < -0.39 is 0 Å². The molecule has 16 heavy (non-hydrogen) atoms. The molecule has 0 aliphatic rings. The fraction of sp³-hybridized carbons (Fsp3) is 0.0909. The van der Waals surface area contributed by atoms with Gasteiger partial charge in [0.25, 0.3) is 0 Å². The number of hydrogen-bond acceptors (Lipinski definition) is 4. The lowest BCUT2D eigenvalue weighted by Gasteiger charge is -2.05. The van der Waals surface area contributed by atoms with Crippen LogP contribution in [-0.2, 0) is 0 Å². The lowest BCUT2D eigenvalue weighted by molar-refractivity contribution is 0.415. The quantitative estimate of drug-likeness (QED) is 0.868. The van der Waals surface area contributed by atoms with E-state index in [1.54, 1.807) is 31.4 Å². The molecule has 0 saturated carbocycles. The van der Waals surface area contributed by atoms with Gasteiger partial charge in [-0.15, -0.1) is 10.2 Å². The van der Waals surface area contributed by atoms with Gasteiger partial charge in [-0.3, -0.25) is 0 Å². The second-order valence-electron chi connectivity index (χ2n) is 3.19. The van der Waals surface area contributed by atoms with E-state index in [-0.39, 0.29) is 0 Å². The molecule has 0 atom stereocenters. The van der Waals surface area contributed by atoms with Gasteiger partial charge in [-0.1, -0.05) is 11.6 Å². The molecule has 4 nitrogen and oxygen atoms in total. The lowest BCUT2D eigenvalue weighted by Crippen LogP contribution is -1.94. The minimum atomic E-state index is 0.392.